The summed E-state index contributed by atoms with van der Waals surface area (Å²) in [5, 5.41) is 4.10. The van der Waals surface area contributed by atoms with E-state index in [1.165, 1.54) is 22.3 Å². The fourth-order valence-corrected chi connectivity index (χ4v) is 3.16. The van der Waals surface area contributed by atoms with E-state index >= 15 is 0 Å². The van der Waals surface area contributed by atoms with E-state index in [4.69, 9.17) is 0 Å². The standard InChI is InChI=1S/C12H15N.2C8H14N2/c1-12(2,3)11-5-4-9-7-13-8-10(9)6-11;1-8(2,3)7-5-9-10(4)6-7;1-7-5-10(6-9-7)8(2,3)4/h4-6,8H,7H2,1-3H3;2*5-6H,1-4H3. The molecule has 4 rings (SSSR count). The first-order valence-corrected chi connectivity index (χ1v) is 11.7. The number of nitrogens with zero attached hydrogens (tertiary/aromatic N) is 5. The highest BCUT2D eigenvalue weighted by atomic mass is 15.2. The number of aryl methyl sites for hydroxylation is 2. The van der Waals surface area contributed by atoms with Crippen LogP contribution in [0.4, 0.5) is 0 Å². The molecule has 0 saturated carbocycles. The summed E-state index contributed by atoms with van der Waals surface area (Å²) in [6.07, 6.45) is 9.87. The highest BCUT2D eigenvalue weighted by Gasteiger charge is 2.16. The molecule has 0 spiro atoms. The van der Waals surface area contributed by atoms with E-state index in [2.05, 4.69) is 113 Å². The van der Waals surface area contributed by atoms with Crippen molar-refractivity contribution in [2.45, 2.75) is 92.2 Å². The quantitative estimate of drug-likeness (QED) is 0.389. The average molecular weight is 450 g/mol. The van der Waals surface area contributed by atoms with Crippen LogP contribution in [0.2, 0.25) is 0 Å². The maximum Gasteiger partial charge on any atom is 0.0954 e. The molecule has 5 heteroatoms. The minimum Gasteiger partial charge on any atom is -0.332 e. The van der Waals surface area contributed by atoms with Gasteiger partial charge in [0.15, 0.2) is 0 Å². The molecule has 0 bridgehead atoms. The fraction of sp³-hybridized carbons (Fsp3) is 0.536. The molecule has 0 unspecified atom stereocenters. The zero-order valence-corrected chi connectivity index (χ0v) is 22.6. The number of rotatable bonds is 0. The number of aliphatic imine (C=N–C) groups is 1. The molecule has 0 atom stereocenters. The first-order chi connectivity index (χ1) is 15.1. The van der Waals surface area contributed by atoms with Gasteiger partial charge in [-0.15, -0.1) is 0 Å². The van der Waals surface area contributed by atoms with Crippen LogP contribution in [0.25, 0.3) is 0 Å². The van der Waals surface area contributed by atoms with E-state index in [1.807, 2.05) is 37.4 Å². The second kappa shape index (κ2) is 10.1. The monoisotopic (exact) mass is 449 g/mol. The minimum atomic E-state index is 0.168. The van der Waals surface area contributed by atoms with E-state index < -0.39 is 0 Å². The van der Waals surface area contributed by atoms with Crippen molar-refractivity contribution in [2.24, 2.45) is 12.0 Å². The molecule has 0 aliphatic carbocycles. The predicted octanol–water partition coefficient (Wildman–Crippen LogP) is 6.58. The van der Waals surface area contributed by atoms with Crippen LogP contribution in [0.5, 0.6) is 0 Å². The summed E-state index contributed by atoms with van der Waals surface area (Å²) >= 11 is 0. The molecule has 3 aromatic rings. The third-order valence-electron chi connectivity index (χ3n) is 5.56. The van der Waals surface area contributed by atoms with Crippen LogP contribution in [0.1, 0.15) is 90.3 Å². The van der Waals surface area contributed by atoms with Gasteiger partial charge in [0.1, 0.15) is 0 Å². The molecule has 1 aromatic carbocycles. The Morgan fingerprint density at radius 3 is 1.88 bits per heavy atom. The maximum absolute atomic E-state index is 4.25. The molecule has 0 amide bonds. The summed E-state index contributed by atoms with van der Waals surface area (Å²) in [6, 6.07) is 6.67. The predicted molar refractivity (Wildman–Crippen MR) is 140 cm³/mol. The Balaban J connectivity index is 0.000000178. The van der Waals surface area contributed by atoms with Crippen LogP contribution in [0.15, 0.2) is 48.1 Å². The lowest BCUT2D eigenvalue weighted by atomic mass is 9.85. The Hall–Kier alpha value is -2.69. The van der Waals surface area contributed by atoms with Crippen LogP contribution in [-0.4, -0.2) is 25.5 Å². The van der Waals surface area contributed by atoms with Crippen LogP contribution in [-0.2, 0) is 30.0 Å². The summed E-state index contributed by atoms with van der Waals surface area (Å²) in [4.78, 5) is 8.40. The van der Waals surface area contributed by atoms with Gasteiger partial charge < -0.3 is 4.57 Å². The van der Waals surface area contributed by atoms with Crippen LogP contribution < -0.4 is 0 Å². The molecular formula is C28H43N5. The largest absolute Gasteiger partial charge is 0.332 e. The van der Waals surface area contributed by atoms with Gasteiger partial charge in [0, 0.05) is 31.2 Å². The average Bonchev–Trinajstić information content (AvgIpc) is 3.40. The number of aromatic nitrogens is 4. The number of fused-ring (bicyclic) bond motifs is 1. The molecule has 0 N–H and O–H groups in total. The van der Waals surface area contributed by atoms with E-state index in [0.717, 1.165) is 12.2 Å². The van der Waals surface area contributed by atoms with Crippen molar-refractivity contribution in [3.63, 3.8) is 0 Å². The zero-order chi connectivity index (χ0) is 25.0. The molecule has 0 fully saturated rings. The second-order valence-electron chi connectivity index (χ2n) is 11.9. The molecule has 1 aliphatic rings. The molecule has 3 heterocycles. The van der Waals surface area contributed by atoms with E-state index in [1.54, 1.807) is 0 Å². The van der Waals surface area contributed by atoms with Gasteiger partial charge in [-0.3, -0.25) is 9.67 Å². The lowest BCUT2D eigenvalue weighted by molar-refractivity contribution is 0.396. The van der Waals surface area contributed by atoms with Crippen LogP contribution in [0, 0.1) is 6.92 Å². The van der Waals surface area contributed by atoms with Gasteiger partial charge >= 0.3 is 0 Å². The smallest absolute Gasteiger partial charge is 0.0954 e. The second-order valence-corrected chi connectivity index (χ2v) is 11.9. The van der Waals surface area contributed by atoms with Crippen LogP contribution >= 0.6 is 0 Å². The van der Waals surface area contributed by atoms with Crippen molar-refractivity contribution in [3.8, 4) is 0 Å². The van der Waals surface area contributed by atoms with E-state index in [9.17, 15) is 0 Å². The Labute approximate surface area is 201 Å². The molecule has 180 valence electrons. The van der Waals surface area contributed by atoms with Crippen molar-refractivity contribution >= 4 is 6.21 Å². The molecule has 33 heavy (non-hydrogen) atoms. The van der Waals surface area contributed by atoms with Crippen molar-refractivity contribution in [1.29, 1.82) is 0 Å². The molecule has 5 nitrogen and oxygen atoms in total. The summed E-state index contributed by atoms with van der Waals surface area (Å²) in [6.45, 7) is 22.6. The lowest BCUT2D eigenvalue weighted by Gasteiger charge is -2.19. The van der Waals surface area contributed by atoms with Gasteiger partial charge in [0.2, 0.25) is 0 Å². The highest BCUT2D eigenvalue weighted by molar-refractivity contribution is 5.84. The van der Waals surface area contributed by atoms with E-state index in [-0.39, 0.29) is 16.4 Å². The minimum absolute atomic E-state index is 0.168. The van der Waals surface area contributed by atoms with E-state index in [0.29, 0.717) is 0 Å². The highest BCUT2D eigenvalue weighted by Crippen LogP contribution is 2.25. The zero-order valence-electron chi connectivity index (χ0n) is 22.6. The van der Waals surface area contributed by atoms with Gasteiger partial charge in [-0.25, -0.2) is 4.98 Å². The normalized spacial score (nSPS) is 13.1. The van der Waals surface area contributed by atoms with Crippen molar-refractivity contribution < 1.29 is 0 Å². The topological polar surface area (TPSA) is 48.0 Å². The summed E-state index contributed by atoms with van der Waals surface area (Å²) in [7, 11) is 1.94. The van der Waals surface area contributed by atoms with Crippen molar-refractivity contribution in [3.05, 3.63) is 71.1 Å². The van der Waals surface area contributed by atoms with Crippen molar-refractivity contribution in [2.75, 3.05) is 0 Å². The number of benzene rings is 1. The first kappa shape index (κ1) is 26.6. The fourth-order valence-electron chi connectivity index (χ4n) is 3.16. The molecule has 2 aromatic heterocycles. The van der Waals surface area contributed by atoms with Gasteiger partial charge in [-0.2, -0.15) is 5.10 Å². The summed E-state index contributed by atoms with van der Waals surface area (Å²) < 4.78 is 3.95. The third kappa shape index (κ3) is 7.99. The molecule has 1 aliphatic heterocycles. The molecular weight excluding hydrogens is 406 g/mol. The van der Waals surface area contributed by atoms with Crippen molar-refractivity contribution in [1.82, 2.24) is 19.3 Å². The SMILES string of the molecule is CC(C)(C)c1ccc2c(c1)C=NC2.Cc1cn(C(C)(C)C)cn1.Cn1cc(C(C)(C)C)cn1. The number of imidazole rings is 1. The van der Waals surface area contributed by atoms with Gasteiger partial charge in [-0.1, -0.05) is 53.7 Å². The number of hydrogen-bond acceptors (Lipinski definition) is 3. The molecule has 0 saturated heterocycles. The molecule has 0 radical (unpaired) electrons. The summed E-state index contributed by atoms with van der Waals surface area (Å²) in [5.41, 5.74) is 7.05. The Morgan fingerprint density at radius 1 is 0.848 bits per heavy atom. The lowest BCUT2D eigenvalue weighted by Crippen LogP contribution is -2.19. The summed E-state index contributed by atoms with van der Waals surface area (Å²) in [5.74, 6) is 0. The Kier molecular flexibility index (Phi) is 8.10. The first-order valence-electron chi connectivity index (χ1n) is 11.7. The Morgan fingerprint density at radius 2 is 1.48 bits per heavy atom. The third-order valence-corrected chi connectivity index (χ3v) is 5.56. The number of hydrogen-bond donors (Lipinski definition) is 0. The van der Waals surface area contributed by atoms with Gasteiger partial charge in [0.25, 0.3) is 0 Å². The van der Waals surface area contributed by atoms with Gasteiger partial charge in [0.05, 0.1) is 24.8 Å². The van der Waals surface area contributed by atoms with Gasteiger partial charge in [-0.05, 0) is 66.8 Å². The maximum atomic E-state index is 4.25. The van der Waals surface area contributed by atoms with Crippen LogP contribution in [0.3, 0.4) is 0 Å². The Bertz CT molecular complexity index is 1010.